The summed E-state index contributed by atoms with van der Waals surface area (Å²) in [6, 6.07) is 20.1. The summed E-state index contributed by atoms with van der Waals surface area (Å²) in [5.74, 6) is -1.85. The van der Waals surface area contributed by atoms with E-state index in [1.807, 2.05) is 37.4 Å². The predicted octanol–water partition coefficient (Wildman–Crippen LogP) is 5.70. The number of nitrogens with two attached hydrogens (primary N) is 1. The molecule has 0 saturated heterocycles. The first kappa shape index (κ1) is 27.3. The summed E-state index contributed by atoms with van der Waals surface area (Å²) in [7, 11) is 0. The first-order valence-corrected chi connectivity index (χ1v) is 13.1. The van der Waals surface area contributed by atoms with E-state index in [1.165, 1.54) is 17.4 Å². The lowest BCUT2D eigenvalue weighted by atomic mass is 9.91. The lowest BCUT2D eigenvalue weighted by Crippen LogP contribution is -2.27. The molecule has 3 aromatic carbocycles. The molecule has 0 bridgehead atoms. The molecule has 0 aliphatic carbocycles. The number of thiophene rings is 1. The Kier molecular flexibility index (Phi) is 8.21. The quantitative estimate of drug-likeness (QED) is 0.137. The van der Waals surface area contributed by atoms with Crippen LogP contribution in [0.15, 0.2) is 78.2 Å². The van der Waals surface area contributed by atoms with Gasteiger partial charge in [0, 0.05) is 33.8 Å². The number of nitrogens with one attached hydrogen (secondary N) is 3. The summed E-state index contributed by atoms with van der Waals surface area (Å²) < 4.78 is 0. The number of carboxylic acids is 1. The number of carboxylic acid groups (broad SMARTS) is 1. The van der Waals surface area contributed by atoms with Gasteiger partial charge in [0.05, 0.1) is 5.56 Å². The van der Waals surface area contributed by atoms with Crippen LogP contribution in [0.25, 0.3) is 21.6 Å². The minimum absolute atomic E-state index is 0.0816. The van der Waals surface area contributed by atoms with E-state index in [9.17, 15) is 19.5 Å². The summed E-state index contributed by atoms with van der Waals surface area (Å²) in [6.45, 7) is 4.40. The summed E-state index contributed by atoms with van der Waals surface area (Å²) in [5, 5.41) is 25.2. The van der Waals surface area contributed by atoms with Gasteiger partial charge in [0.25, 0.3) is 11.8 Å². The third kappa shape index (κ3) is 6.39. The van der Waals surface area contributed by atoms with E-state index in [4.69, 9.17) is 11.1 Å². The van der Waals surface area contributed by atoms with Gasteiger partial charge >= 0.3 is 5.97 Å². The molecule has 0 unspecified atom stereocenters. The second-order valence-electron chi connectivity index (χ2n) is 9.35. The van der Waals surface area contributed by atoms with Crippen LogP contribution in [0.1, 0.15) is 50.5 Å². The fourth-order valence-corrected chi connectivity index (χ4v) is 4.71. The van der Waals surface area contributed by atoms with Gasteiger partial charge in [-0.15, -0.1) is 11.3 Å². The normalized spacial score (nSPS) is 10.7. The molecule has 0 atom stereocenters. The smallest absolute Gasteiger partial charge is 0.336 e. The van der Waals surface area contributed by atoms with Crippen molar-refractivity contribution in [3.8, 4) is 21.6 Å². The van der Waals surface area contributed by atoms with Gasteiger partial charge in [0.15, 0.2) is 0 Å². The maximum atomic E-state index is 13.4. The highest BCUT2D eigenvalue weighted by Gasteiger charge is 2.21. The summed E-state index contributed by atoms with van der Waals surface area (Å²) in [6.07, 6.45) is 0. The Morgan fingerprint density at radius 1 is 0.897 bits per heavy atom. The van der Waals surface area contributed by atoms with Crippen molar-refractivity contribution in [1.82, 2.24) is 5.32 Å². The molecule has 39 heavy (non-hydrogen) atoms. The molecule has 0 saturated carbocycles. The average Bonchev–Trinajstić information content (AvgIpc) is 3.46. The molecule has 8 nitrogen and oxygen atoms in total. The Bertz CT molecular complexity index is 1540. The summed E-state index contributed by atoms with van der Waals surface area (Å²) >= 11 is 1.53. The number of amidine groups is 1. The molecule has 4 aromatic rings. The molecule has 6 N–H and O–H groups in total. The van der Waals surface area contributed by atoms with Gasteiger partial charge in [-0.05, 0) is 82.6 Å². The zero-order valence-electron chi connectivity index (χ0n) is 21.4. The number of aromatic carboxylic acids is 1. The zero-order chi connectivity index (χ0) is 28.1. The molecule has 1 aromatic heterocycles. The van der Waals surface area contributed by atoms with Crippen molar-refractivity contribution in [3.63, 3.8) is 0 Å². The number of rotatable bonds is 9. The fraction of sp³-hybridized carbons (Fsp3) is 0.133. The Morgan fingerprint density at radius 2 is 1.62 bits per heavy atom. The molecule has 1 heterocycles. The number of hydrogen-bond acceptors (Lipinski definition) is 5. The maximum Gasteiger partial charge on any atom is 0.336 e. The van der Waals surface area contributed by atoms with E-state index in [-0.39, 0.29) is 34.4 Å². The third-order valence-corrected chi connectivity index (χ3v) is 6.92. The molecular formula is C30H28N4O4S. The van der Waals surface area contributed by atoms with Gasteiger partial charge < -0.3 is 21.5 Å². The van der Waals surface area contributed by atoms with Crippen molar-refractivity contribution in [2.24, 2.45) is 11.7 Å². The number of hydrogen-bond donors (Lipinski definition) is 5. The lowest BCUT2D eigenvalue weighted by molar-refractivity contribution is 0.0697. The molecule has 0 radical (unpaired) electrons. The molecule has 4 rings (SSSR count). The molecule has 0 aliphatic heterocycles. The minimum atomic E-state index is -1.21. The molecular weight excluding hydrogens is 512 g/mol. The minimum Gasteiger partial charge on any atom is -0.478 e. The Balaban J connectivity index is 1.78. The van der Waals surface area contributed by atoms with Gasteiger partial charge in [-0.25, -0.2) is 4.79 Å². The second kappa shape index (κ2) is 11.7. The van der Waals surface area contributed by atoms with Crippen LogP contribution >= 0.6 is 11.3 Å². The van der Waals surface area contributed by atoms with Gasteiger partial charge in [-0.3, -0.25) is 15.0 Å². The van der Waals surface area contributed by atoms with E-state index in [2.05, 4.69) is 10.6 Å². The van der Waals surface area contributed by atoms with Crippen LogP contribution in [-0.2, 0) is 0 Å². The van der Waals surface area contributed by atoms with Crippen molar-refractivity contribution in [1.29, 1.82) is 5.41 Å². The number of carbonyl (C=O) groups is 3. The number of amides is 2. The van der Waals surface area contributed by atoms with Gasteiger partial charge in [-0.2, -0.15) is 0 Å². The molecule has 0 spiro atoms. The molecule has 9 heteroatoms. The van der Waals surface area contributed by atoms with Crippen LogP contribution in [0.2, 0.25) is 0 Å². The molecule has 198 valence electrons. The first-order valence-electron chi connectivity index (χ1n) is 12.2. The zero-order valence-corrected chi connectivity index (χ0v) is 22.3. The van der Waals surface area contributed by atoms with Crippen LogP contribution in [0.4, 0.5) is 5.69 Å². The maximum absolute atomic E-state index is 13.4. The van der Waals surface area contributed by atoms with Crippen LogP contribution in [0.5, 0.6) is 0 Å². The van der Waals surface area contributed by atoms with Crippen molar-refractivity contribution in [2.45, 2.75) is 13.8 Å². The van der Waals surface area contributed by atoms with Gasteiger partial charge in [-0.1, -0.05) is 32.0 Å². The van der Waals surface area contributed by atoms with E-state index >= 15 is 0 Å². The van der Waals surface area contributed by atoms with Crippen LogP contribution < -0.4 is 16.4 Å². The van der Waals surface area contributed by atoms with Crippen LogP contribution in [0.3, 0.4) is 0 Å². The van der Waals surface area contributed by atoms with Crippen molar-refractivity contribution < 1.29 is 19.5 Å². The standard InChI is InChI=1S/C30H28N4O4S/c1-17(2)16-33-28(35)20-8-11-22(25(15-20)30(37)38)24-14-19(26-4-3-13-39-26)7-12-23(24)29(36)34-21-9-5-18(6-10-21)27(31)32/h3-15,17H,16H2,1-2H3,(H3,31,32)(H,33,35)(H,34,36)(H,37,38). The van der Waals surface area contributed by atoms with Crippen molar-refractivity contribution in [3.05, 3.63) is 100 Å². The van der Waals surface area contributed by atoms with E-state index < -0.39 is 11.9 Å². The van der Waals surface area contributed by atoms with Crippen molar-refractivity contribution >= 4 is 40.6 Å². The van der Waals surface area contributed by atoms with Crippen LogP contribution in [-0.4, -0.2) is 35.3 Å². The monoisotopic (exact) mass is 540 g/mol. The topological polar surface area (TPSA) is 145 Å². The molecule has 0 fully saturated rings. The lowest BCUT2D eigenvalue weighted by Gasteiger charge is -2.15. The van der Waals surface area contributed by atoms with Crippen LogP contribution in [0, 0.1) is 11.3 Å². The van der Waals surface area contributed by atoms with E-state index in [0.717, 1.165) is 10.4 Å². The van der Waals surface area contributed by atoms with E-state index in [0.29, 0.717) is 28.9 Å². The number of carbonyl (C=O) groups excluding carboxylic acids is 2. The molecule has 2 amide bonds. The molecule has 0 aliphatic rings. The summed E-state index contributed by atoms with van der Waals surface area (Å²) in [4.78, 5) is 39.4. The highest BCUT2D eigenvalue weighted by Crippen LogP contribution is 2.34. The van der Waals surface area contributed by atoms with Gasteiger partial charge in [0.1, 0.15) is 5.84 Å². The number of anilines is 1. The SMILES string of the molecule is CC(C)CNC(=O)c1ccc(-c2cc(-c3cccs3)ccc2C(=O)Nc2ccc(C(=N)N)cc2)c(C(=O)O)c1. The average molecular weight is 541 g/mol. The number of nitrogen functional groups attached to an aromatic ring is 1. The number of benzene rings is 3. The van der Waals surface area contributed by atoms with Crippen molar-refractivity contribution in [2.75, 3.05) is 11.9 Å². The Labute approximate surface area is 230 Å². The largest absolute Gasteiger partial charge is 0.478 e. The first-order chi connectivity index (χ1) is 18.6. The Morgan fingerprint density at radius 3 is 2.23 bits per heavy atom. The fourth-order valence-electron chi connectivity index (χ4n) is 3.99. The van der Waals surface area contributed by atoms with E-state index in [1.54, 1.807) is 48.5 Å². The highest BCUT2D eigenvalue weighted by atomic mass is 32.1. The highest BCUT2D eigenvalue weighted by molar-refractivity contribution is 7.13. The van der Waals surface area contributed by atoms with Gasteiger partial charge in [0.2, 0.25) is 0 Å². The predicted molar refractivity (Wildman–Crippen MR) is 155 cm³/mol. The Hall–Kier alpha value is -4.76. The third-order valence-electron chi connectivity index (χ3n) is 6.00. The second-order valence-corrected chi connectivity index (χ2v) is 10.3. The summed E-state index contributed by atoms with van der Waals surface area (Å²) in [5.41, 5.74) is 8.51.